The molecule has 0 aliphatic carbocycles. The maximum Gasteiger partial charge on any atom is 0.275 e. The molecule has 0 fully saturated rings. The molecule has 1 N–H and O–H groups in total. The van der Waals surface area contributed by atoms with Crippen molar-refractivity contribution in [2.45, 2.75) is 13.3 Å². The minimum atomic E-state index is -0.315. The topological polar surface area (TPSA) is 50.7 Å². The van der Waals surface area contributed by atoms with E-state index >= 15 is 0 Å². The minimum absolute atomic E-state index is 0.315. The fraction of sp³-hybridized carbons (Fsp3) is 0.176. The lowest BCUT2D eigenvalue weighted by molar-refractivity contribution is 0.0951. The van der Waals surface area contributed by atoms with Gasteiger partial charge >= 0.3 is 0 Å². The molecule has 0 saturated heterocycles. The molecular formula is C17H17ClN2O2. The summed E-state index contributed by atoms with van der Waals surface area (Å²) in [5.74, 6) is 0.241. The van der Waals surface area contributed by atoms with Crippen molar-refractivity contribution in [2.75, 3.05) is 6.61 Å². The van der Waals surface area contributed by atoms with Gasteiger partial charge in [-0.05, 0) is 36.2 Å². The summed E-state index contributed by atoms with van der Waals surface area (Å²) < 4.78 is 5.56. The van der Waals surface area contributed by atoms with Crippen molar-refractivity contribution in [1.29, 1.82) is 0 Å². The number of nitrogens with one attached hydrogen (secondary N) is 1. The highest BCUT2D eigenvalue weighted by Gasteiger charge is 2.10. The fourth-order valence-corrected chi connectivity index (χ4v) is 2.00. The Morgan fingerprint density at radius 2 is 2.09 bits per heavy atom. The standard InChI is InChI=1S/C17H17ClN2O2/c1-2-10-22-16-9-4-3-8-15(16)17(21)20-19-12-13-6-5-7-14(18)11-13/h3-9,11-12H,2,10H2,1H3,(H,20,21). The molecule has 0 unspecified atom stereocenters. The minimum Gasteiger partial charge on any atom is -0.493 e. The van der Waals surface area contributed by atoms with E-state index in [1.165, 1.54) is 0 Å². The summed E-state index contributed by atoms with van der Waals surface area (Å²) in [7, 11) is 0. The lowest BCUT2D eigenvalue weighted by Gasteiger charge is -2.09. The van der Waals surface area contributed by atoms with Gasteiger partial charge in [0.25, 0.3) is 5.91 Å². The van der Waals surface area contributed by atoms with Crippen LogP contribution < -0.4 is 10.2 Å². The summed E-state index contributed by atoms with van der Waals surface area (Å²) in [6, 6.07) is 14.3. The van der Waals surface area contributed by atoms with Crippen molar-refractivity contribution in [3.05, 3.63) is 64.7 Å². The lowest BCUT2D eigenvalue weighted by Crippen LogP contribution is -2.18. The van der Waals surface area contributed by atoms with Crippen molar-refractivity contribution in [3.63, 3.8) is 0 Å². The quantitative estimate of drug-likeness (QED) is 0.649. The van der Waals surface area contributed by atoms with Gasteiger partial charge in [0.1, 0.15) is 5.75 Å². The molecule has 2 aromatic rings. The van der Waals surface area contributed by atoms with Crippen LogP contribution >= 0.6 is 11.6 Å². The number of para-hydroxylation sites is 1. The predicted molar refractivity (Wildman–Crippen MR) is 88.7 cm³/mol. The molecule has 0 aliphatic rings. The van der Waals surface area contributed by atoms with E-state index in [-0.39, 0.29) is 5.91 Å². The molecule has 4 nitrogen and oxygen atoms in total. The Bertz CT molecular complexity index is 671. The van der Waals surface area contributed by atoms with Gasteiger partial charge in [-0.25, -0.2) is 5.43 Å². The zero-order chi connectivity index (χ0) is 15.8. The Morgan fingerprint density at radius 1 is 1.27 bits per heavy atom. The number of benzene rings is 2. The van der Waals surface area contributed by atoms with E-state index in [0.29, 0.717) is 22.9 Å². The van der Waals surface area contributed by atoms with Crippen LogP contribution in [0, 0.1) is 0 Å². The monoisotopic (exact) mass is 316 g/mol. The van der Waals surface area contributed by atoms with Crippen LogP contribution in [0.1, 0.15) is 29.3 Å². The van der Waals surface area contributed by atoms with Gasteiger partial charge in [-0.2, -0.15) is 5.10 Å². The number of carbonyl (C=O) groups excluding carboxylic acids is 1. The van der Waals surface area contributed by atoms with Crippen LogP contribution in [0.4, 0.5) is 0 Å². The van der Waals surface area contributed by atoms with Crippen LogP contribution in [0.3, 0.4) is 0 Å². The van der Waals surface area contributed by atoms with E-state index in [9.17, 15) is 4.79 Å². The van der Waals surface area contributed by atoms with Crippen molar-refractivity contribution in [3.8, 4) is 5.75 Å². The van der Waals surface area contributed by atoms with Crippen molar-refractivity contribution >= 4 is 23.7 Å². The van der Waals surface area contributed by atoms with E-state index < -0.39 is 0 Å². The summed E-state index contributed by atoms with van der Waals surface area (Å²) in [6.45, 7) is 2.58. The highest BCUT2D eigenvalue weighted by molar-refractivity contribution is 6.30. The first-order chi connectivity index (χ1) is 10.7. The molecule has 2 aromatic carbocycles. The van der Waals surface area contributed by atoms with Crippen LogP contribution in [-0.4, -0.2) is 18.7 Å². The van der Waals surface area contributed by atoms with Crippen molar-refractivity contribution in [1.82, 2.24) is 5.43 Å². The second-order valence-electron chi connectivity index (χ2n) is 4.60. The molecule has 5 heteroatoms. The van der Waals surface area contributed by atoms with Gasteiger partial charge in [-0.3, -0.25) is 4.79 Å². The van der Waals surface area contributed by atoms with Gasteiger partial charge in [-0.15, -0.1) is 0 Å². The zero-order valence-electron chi connectivity index (χ0n) is 12.3. The van der Waals surface area contributed by atoms with E-state index in [0.717, 1.165) is 12.0 Å². The fourth-order valence-electron chi connectivity index (χ4n) is 1.80. The third kappa shape index (κ3) is 4.60. The Labute approximate surface area is 134 Å². The normalized spacial score (nSPS) is 10.6. The summed E-state index contributed by atoms with van der Waals surface area (Å²) in [4.78, 5) is 12.2. The van der Waals surface area contributed by atoms with E-state index in [2.05, 4.69) is 10.5 Å². The molecule has 0 heterocycles. The molecule has 22 heavy (non-hydrogen) atoms. The average molecular weight is 317 g/mol. The van der Waals surface area contributed by atoms with Gasteiger partial charge in [0.05, 0.1) is 18.4 Å². The van der Waals surface area contributed by atoms with Gasteiger partial charge < -0.3 is 4.74 Å². The number of amides is 1. The molecule has 1 amide bonds. The van der Waals surface area contributed by atoms with Crippen molar-refractivity contribution in [2.24, 2.45) is 5.10 Å². The van der Waals surface area contributed by atoms with Crippen molar-refractivity contribution < 1.29 is 9.53 Å². The number of hydrogen-bond acceptors (Lipinski definition) is 3. The third-order valence-electron chi connectivity index (χ3n) is 2.82. The number of hydrazone groups is 1. The van der Waals surface area contributed by atoms with E-state index in [1.807, 2.05) is 25.1 Å². The van der Waals surface area contributed by atoms with E-state index in [1.54, 1.807) is 36.5 Å². The Balaban J connectivity index is 2.03. The second kappa shape index (κ2) is 8.20. The molecule has 0 radical (unpaired) electrons. The number of rotatable bonds is 6. The smallest absolute Gasteiger partial charge is 0.275 e. The van der Waals surface area contributed by atoms with Crippen LogP contribution in [0.15, 0.2) is 53.6 Å². The Hall–Kier alpha value is -2.33. The summed E-state index contributed by atoms with van der Waals surface area (Å²) in [5, 5.41) is 4.56. The van der Waals surface area contributed by atoms with E-state index in [4.69, 9.17) is 16.3 Å². The summed E-state index contributed by atoms with van der Waals surface area (Å²) in [5.41, 5.74) is 3.76. The highest BCUT2D eigenvalue weighted by Crippen LogP contribution is 2.18. The molecule has 2 rings (SSSR count). The molecular weight excluding hydrogens is 300 g/mol. The van der Waals surface area contributed by atoms with Crippen LogP contribution in [-0.2, 0) is 0 Å². The Morgan fingerprint density at radius 3 is 2.86 bits per heavy atom. The maximum atomic E-state index is 12.2. The van der Waals surface area contributed by atoms with Crippen LogP contribution in [0.5, 0.6) is 5.75 Å². The molecule has 0 spiro atoms. The predicted octanol–water partition coefficient (Wildman–Crippen LogP) is 3.89. The van der Waals surface area contributed by atoms with Crippen LogP contribution in [0.2, 0.25) is 5.02 Å². The second-order valence-corrected chi connectivity index (χ2v) is 5.04. The van der Waals surface area contributed by atoms with Gasteiger partial charge in [0, 0.05) is 5.02 Å². The highest BCUT2D eigenvalue weighted by atomic mass is 35.5. The number of halogens is 1. The zero-order valence-corrected chi connectivity index (χ0v) is 13.0. The number of ether oxygens (including phenoxy) is 1. The molecule has 114 valence electrons. The molecule has 0 bridgehead atoms. The first-order valence-corrected chi connectivity index (χ1v) is 7.39. The maximum absolute atomic E-state index is 12.2. The van der Waals surface area contributed by atoms with Gasteiger partial charge in [-0.1, -0.05) is 42.8 Å². The van der Waals surface area contributed by atoms with Crippen LogP contribution in [0.25, 0.3) is 0 Å². The number of carbonyl (C=O) groups is 1. The average Bonchev–Trinajstić information content (AvgIpc) is 2.53. The SMILES string of the molecule is CCCOc1ccccc1C(=O)NN=Cc1cccc(Cl)c1. The molecule has 0 aliphatic heterocycles. The third-order valence-corrected chi connectivity index (χ3v) is 3.06. The molecule has 0 aromatic heterocycles. The molecule has 0 saturated carbocycles. The lowest BCUT2D eigenvalue weighted by atomic mass is 10.2. The summed E-state index contributed by atoms with van der Waals surface area (Å²) >= 11 is 5.89. The number of hydrogen-bond donors (Lipinski definition) is 1. The first-order valence-electron chi connectivity index (χ1n) is 7.01. The Kier molecular flexibility index (Phi) is 5.98. The number of nitrogens with zero attached hydrogens (tertiary/aromatic N) is 1. The first kappa shape index (κ1) is 16.0. The molecule has 0 atom stereocenters. The van der Waals surface area contributed by atoms with Gasteiger partial charge in [0.15, 0.2) is 0 Å². The largest absolute Gasteiger partial charge is 0.493 e. The van der Waals surface area contributed by atoms with Gasteiger partial charge in [0.2, 0.25) is 0 Å². The summed E-state index contributed by atoms with van der Waals surface area (Å²) in [6.07, 6.45) is 2.42.